The number of aromatic nitrogens is 2. The van der Waals surface area contributed by atoms with Crippen LogP contribution in [-0.2, 0) is 15.1 Å². The highest BCUT2D eigenvalue weighted by Crippen LogP contribution is 2.42. The summed E-state index contributed by atoms with van der Waals surface area (Å²) in [4.78, 5) is 29.5. The molecule has 1 saturated heterocycles. The Labute approximate surface area is 260 Å². The van der Waals surface area contributed by atoms with Gasteiger partial charge in [0.05, 0.1) is 19.8 Å². The van der Waals surface area contributed by atoms with Gasteiger partial charge < -0.3 is 24.6 Å². The number of benzene rings is 4. The van der Waals surface area contributed by atoms with Crippen LogP contribution in [0.1, 0.15) is 39.7 Å². The zero-order valence-electron chi connectivity index (χ0n) is 24.7. The molecule has 0 spiro atoms. The monoisotopic (exact) mass is 603 g/mol. The van der Waals surface area contributed by atoms with Crippen molar-refractivity contribution in [3.63, 3.8) is 0 Å². The zero-order valence-corrected chi connectivity index (χ0v) is 24.7. The number of hydrogen-bond donors (Lipinski definition) is 2. The van der Waals surface area contributed by atoms with Crippen LogP contribution in [0.2, 0.25) is 0 Å². The first-order chi connectivity index (χ1) is 22.0. The normalized spacial score (nSPS) is 18.0. The fourth-order valence-electron chi connectivity index (χ4n) is 5.66. The van der Waals surface area contributed by atoms with E-state index in [1.807, 2.05) is 91.0 Å². The van der Waals surface area contributed by atoms with E-state index in [0.717, 1.165) is 16.7 Å². The highest BCUT2D eigenvalue weighted by Gasteiger charge is 2.42. The molecule has 2 N–H and O–H groups in total. The Hall–Kier alpha value is -5.09. The first-order valence-corrected chi connectivity index (χ1v) is 14.7. The van der Waals surface area contributed by atoms with Crippen molar-refractivity contribution in [3.8, 4) is 5.75 Å². The summed E-state index contributed by atoms with van der Waals surface area (Å²) in [7, 11) is 1.62. The van der Waals surface area contributed by atoms with Gasteiger partial charge in [0, 0.05) is 18.2 Å². The molecule has 0 radical (unpaired) electrons. The van der Waals surface area contributed by atoms with E-state index in [-0.39, 0.29) is 24.8 Å². The Bertz CT molecular complexity index is 1760. The summed E-state index contributed by atoms with van der Waals surface area (Å²) in [6.45, 7) is 0.0199. The van der Waals surface area contributed by atoms with Gasteiger partial charge in [-0.05, 0) is 47.0 Å². The number of nitrogens with zero attached hydrogens (tertiary/aromatic N) is 2. The van der Waals surface area contributed by atoms with Crippen LogP contribution in [-0.4, -0.2) is 46.5 Å². The molecule has 9 heteroatoms. The Morgan fingerprint density at radius 3 is 2.16 bits per heavy atom. The molecule has 1 fully saturated rings. The van der Waals surface area contributed by atoms with Gasteiger partial charge in [0.15, 0.2) is 0 Å². The number of aliphatic hydroxyl groups is 1. The molecule has 3 atom stereocenters. The summed E-state index contributed by atoms with van der Waals surface area (Å²) in [5, 5.41) is 13.7. The maximum atomic E-state index is 13.0. The molecule has 0 saturated carbocycles. The van der Waals surface area contributed by atoms with Gasteiger partial charge in [-0.25, -0.2) is 4.79 Å². The lowest BCUT2D eigenvalue weighted by Crippen LogP contribution is -2.38. The second kappa shape index (κ2) is 13.3. The summed E-state index contributed by atoms with van der Waals surface area (Å²) in [5.41, 5.74) is 1.40. The summed E-state index contributed by atoms with van der Waals surface area (Å²) < 4.78 is 20.0. The van der Waals surface area contributed by atoms with Crippen LogP contribution >= 0.6 is 0 Å². The smallest absolute Gasteiger partial charge is 0.351 e. The van der Waals surface area contributed by atoms with Crippen molar-refractivity contribution >= 4 is 11.7 Å². The van der Waals surface area contributed by atoms with E-state index in [0.29, 0.717) is 11.3 Å². The van der Waals surface area contributed by atoms with Gasteiger partial charge in [0.2, 0.25) is 0 Å². The maximum absolute atomic E-state index is 13.0. The second-order valence-electron chi connectivity index (χ2n) is 10.7. The van der Waals surface area contributed by atoms with Crippen molar-refractivity contribution in [1.29, 1.82) is 0 Å². The van der Waals surface area contributed by atoms with E-state index in [4.69, 9.17) is 14.2 Å². The number of carbonyl (C=O) groups is 1. The van der Waals surface area contributed by atoms with Crippen molar-refractivity contribution in [3.05, 3.63) is 160 Å². The average molecular weight is 604 g/mol. The van der Waals surface area contributed by atoms with Crippen LogP contribution in [0.25, 0.3) is 0 Å². The molecule has 4 aromatic carbocycles. The van der Waals surface area contributed by atoms with Gasteiger partial charge in [-0.2, -0.15) is 4.98 Å². The molecule has 0 unspecified atom stereocenters. The lowest BCUT2D eigenvalue weighted by atomic mass is 9.80. The molecule has 1 amide bonds. The molecule has 6 rings (SSSR count). The van der Waals surface area contributed by atoms with Gasteiger partial charge in [-0.15, -0.1) is 0 Å². The number of hydrogen-bond acceptors (Lipinski definition) is 7. The lowest BCUT2D eigenvalue weighted by Gasteiger charge is -2.37. The quantitative estimate of drug-likeness (QED) is 0.212. The summed E-state index contributed by atoms with van der Waals surface area (Å²) >= 11 is 0. The summed E-state index contributed by atoms with van der Waals surface area (Å²) in [6, 6.07) is 37.7. The van der Waals surface area contributed by atoms with Crippen molar-refractivity contribution in [2.45, 2.75) is 30.5 Å². The number of amides is 1. The standard InChI is InChI=1S/C36H33N3O6/c1-43-29-19-11-18-28(22-29)36(26-14-7-3-8-15-26,27-16-9-4-10-17-27)44-24-31-30(40)23-33(45-31)39-21-20-32(38-35(39)42)37-34(41)25-12-5-2-6-13-25/h2-22,30-31,33,40H,23-24H2,1H3,(H,37,38,41,42)/t30-,31+,33+/m0/s1. The van der Waals surface area contributed by atoms with Crippen LogP contribution in [0.15, 0.2) is 132 Å². The summed E-state index contributed by atoms with van der Waals surface area (Å²) in [5.74, 6) is 0.429. The minimum Gasteiger partial charge on any atom is -0.497 e. The number of carbonyl (C=O) groups excluding carboxylic acids is 1. The van der Waals surface area contributed by atoms with Gasteiger partial charge in [-0.3, -0.25) is 9.36 Å². The number of rotatable bonds is 10. The van der Waals surface area contributed by atoms with Crippen molar-refractivity contribution in [2.75, 3.05) is 19.0 Å². The molecule has 1 aliphatic rings. The fourth-order valence-corrected chi connectivity index (χ4v) is 5.66. The summed E-state index contributed by atoms with van der Waals surface area (Å²) in [6.07, 6.45) is -0.753. The second-order valence-corrected chi connectivity index (χ2v) is 10.7. The van der Waals surface area contributed by atoms with Gasteiger partial charge in [-0.1, -0.05) is 91.0 Å². The van der Waals surface area contributed by atoms with Crippen LogP contribution in [0.3, 0.4) is 0 Å². The molecular formula is C36H33N3O6. The highest BCUT2D eigenvalue weighted by molar-refractivity contribution is 6.03. The Morgan fingerprint density at radius 1 is 0.911 bits per heavy atom. The molecule has 0 aliphatic carbocycles. The molecular weight excluding hydrogens is 570 g/mol. The van der Waals surface area contributed by atoms with Crippen molar-refractivity contribution in [1.82, 2.24) is 9.55 Å². The van der Waals surface area contributed by atoms with Crippen LogP contribution < -0.4 is 15.7 Å². The number of aliphatic hydroxyl groups excluding tert-OH is 1. The molecule has 5 aromatic rings. The number of anilines is 1. The van der Waals surface area contributed by atoms with Crippen molar-refractivity contribution in [2.24, 2.45) is 0 Å². The molecule has 9 nitrogen and oxygen atoms in total. The molecule has 228 valence electrons. The Morgan fingerprint density at radius 2 is 1.53 bits per heavy atom. The topological polar surface area (TPSA) is 112 Å². The first-order valence-electron chi connectivity index (χ1n) is 14.7. The van der Waals surface area contributed by atoms with E-state index in [9.17, 15) is 14.7 Å². The van der Waals surface area contributed by atoms with Crippen molar-refractivity contribution < 1.29 is 24.1 Å². The van der Waals surface area contributed by atoms with Crippen LogP contribution in [0, 0.1) is 0 Å². The fraction of sp³-hybridized carbons (Fsp3) is 0.194. The predicted molar refractivity (Wildman–Crippen MR) is 169 cm³/mol. The van der Waals surface area contributed by atoms with E-state index in [2.05, 4.69) is 10.3 Å². The molecule has 1 aliphatic heterocycles. The lowest BCUT2D eigenvalue weighted by molar-refractivity contribution is -0.0944. The maximum Gasteiger partial charge on any atom is 0.351 e. The minimum absolute atomic E-state index is 0.0199. The number of nitrogens with one attached hydrogen (secondary N) is 1. The Balaban J connectivity index is 1.25. The molecule has 2 heterocycles. The first kappa shape index (κ1) is 30.0. The molecule has 45 heavy (non-hydrogen) atoms. The van der Waals surface area contributed by atoms with Gasteiger partial charge in [0.1, 0.15) is 29.5 Å². The third kappa shape index (κ3) is 6.28. The average Bonchev–Trinajstić information content (AvgIpc) is 3.46. The number of methoxy groups -OCH3 is 1. The largest absolute Gasteiger partial charge is 0.497 e. The molecule has 1 aromatic heterocycles. The highest BCUT2D eigenvalue weighted by atomic mass is 16.6. The number of ether oxygens (including phenoxy) is 3. The van der Waals surface area contributed by atoms with Crippen LogP contribution in [0.5, 0.6) is 5.75 Å². The zero-order chi connectivity index (χ0) is 31.2. The third-order valence-corrected chi connectivity index (χ3v) is 7.92. The minimum atomic E-state index is -1.06. The van der Waals surface area contributed by atoms with E-state index < -0.39 is 29.7 Å². The SMILES string of the molecule is COc1cccc(C(OC[C@H]2O[C@@H](n3ccc(NC(=O)c4ccccc4)nc3=O)C[C@@H]2O)(c2ccccc2)c2ccccc2)c1. The molecule has 0 bridgehead atoms. The Kier molecular flexibility index (Phi) is 8.84. The van der Waals surface area contributed by atoms with Gasteiger partial charge in [0.25, 0.3) is 5.91 Å². The third-order valence-electron chi connectivity index (χ3n) is 7.92. The van der Waals surface area contributed by atoms with E-state index in [1.54, 1.807) is 31.4 Å². The van der Waals surface area contributed by atoms with E-state index >= 15 is 0 Å². The van der Waals surface area contributed by atoms with E-state index in [1.165, 1.54) is 16.8 Å². The predicted octanol–water partition coefficient (Wildman–Crippen LogP) is 5.16. The van der Waals surface area contributed by atoms with Gasteiger partial charge >= 0.3 is 5.69 Å². The van der Waals surface area contributed by atoms with Crippen LogP contribution in [0.4, 0.5) is 5.82 Å².